The van der Waals surface area contributed by atoms with Crippen molar-refractivity contribution in [2.24, 2.45) is 5.92 Å². The average molecular weight is 242 g/mol. The van der Waals surface area contributed by atoms with Gasteiger partial charge in [0.1, 0.15) is 5.76 Å². The number of hydrogen-bond donors (Lipinski definition) is 2. The second-order valence-electron chi connectivity index (χ2n) is 4.11. The van der Waals surface area contributed by atoms with Crippen LogP contribution in [0.15, 0.2) is 66.5 Å². The van der Waals surface area contributed by atoms with Crippen LogP contribution in [0.4, 0.5) is 0 Å². The van der Waals surface area contributed by atoms with Crippen molar-refractivity contribution in [3.63, 3.8) is 0 Å². The van der Waals surface area contributed by atoms with E-state index in [2.05, 4.69) is 0 Å². The summed E-state index contributed by atoms with van der Waals surface area (Å²) in [4.78, 5) is 11.8. The van der Waals surface area contributed by atoms with Gasteiger partial charge in [-0.1, -0.05) is 42.5 Å². The molecule has 0 spiro atoms. The standard InChI is InChI=1S/C15H14O3/c16-13-7-9-15(18)12(10-13)6-8-14(17)11-4-2-1-3-5-11/h1-10,12,15-16,18H. The second-order valence-corrected chi connectivity index (χ2v) is 4.11. The summed E-state index contributed by atoms with van der Waals surface area (Å²) in [6.45, 7) is 0. The van der Waals surface area contributed by atoms with E-state index in [4.69, 9.17) is 0 Å². The van der Waals surface area contributed by atoms with Crippen LogP contribution in [0.25, 0.3) is 0 Å². The Kier molecular flexibility index (Phi) is 3.75. The van der Waals surface area contributed by atoms with Crippen molar-refractivity contribution in [3.05, 3.63) is 72.0 Å². The first kappa shape index (κ1) is 12.3. The number of hydrogen-bond acceptors (Lipinski definition) is 3. The minimum atomic E-state index is -0.708. The van der Waals surface area contributed by atoms with Gasteiger partial charge in [-0.05, 0) is 18.2 Å². The molecule has 0 bridgehead atoms. The molecule has 2 rings (SSSR count). The zero-order valence-electron chi connectivity index (χ0n) is 9.73. The average Bonchev–Trinajstić information content (AvgIpc) is 2.40. The molecule has 0 fully saturated rings. The summed E-state index contributed by atoms with van der Waals surface area (Å²) < 4.78 is 0. The largest absolute Gasteiger partial charge is 0.508 e. The number of benzene rings is 1. The number of aliphatic hydroxyl groups excluding tert-OH is 2. The van der Waals surface area contributed by atoms with E-state index in [1.165, 1.54) is 24.3 Å². The van der Waals surface area contributed by atoms with Crippen molar-refractivity contribution >= 4 is 5.78 Å². The molecular formula is C15H14O3. The van der Waals surface area contributed by atoms with Crippen LogP contribution < -0.4 is 0 Å². The van der Waals surface area contributed by atoms with Crippen LogP contribution in [0, 0.1) is 5.92 Å². The summed E-state index contributed by atoms with van der Waals surface area (Å²) in [5, 5.41) is 19.0. The highest BCUT2D eigenvalue weighted by atomic mass is 16.3. The summed E-state index contributed by atoms with van der Waals surface area (Å²) in [6.07, 6.45) is 6.76. The Hall–Kier alpha value is -2.13. The highest BCUT2D eigenvalue weighted by Gasteiger charge is 2.16. The molecule has 3 nitrogen and oxygen atoms in total. The van der Waals surface area contributed by atoms with Crippen LogP contribution in [-0.2, 0) is 0 Å². The van der Waals surface area contributed by atoms with E-state index in [0.717, 1.165) is 0 Å². The van der Waals surface area contributed by atoms with Crippen molar-refractivity contribution in [2.45, 2.75) is 6.10 Å². The molecule has 2 unspecified atom stereocenters. The first-order valence-corrected chi connectivity index (χ1v) is 5.71. The Bertz CT molecular complexity index is 512. The molecule has 0 saturated carbocycles. The second kappa shape index (κ2) is 5.47. The van der Waals surface area contributed by atoms with Crippen LogP contribution in [0.2, 0.25) is 0 Å². The molecule has 1 aromatic carbocycles. The first-order valence-electron chi connectivity index (χ1n) is 5.71. The monoisotopic (exact) mass is 242 g/mol. The molecular weight excluding hydrogens is 228 g/mol. The number of allylic oxidation sites excluding steroid dienone is 2. The van der Waals surface area contributed by atoms with Gasteiger partial charge in [0.2, 0.25) is 0 Å². The van der Waals surface area contributed by atoms with Gasteiger partial charge in [0, 0.05) is 11.5 Å². The molecule has 2 atom stereocenters. The maximum atomic E-state index is 11.8. The van der Waals surface area contributed by atoms with Gasteiger partial charge in [0.05, 0.1) is 6.10 Å². The van der Waals surface area contributed by atoms with E-state index >= 15 is 0 Å². The predicted octanol–water partition coefficient (Wildman–Crippen LogP) is 2.41. The van der Waals surface area contributed by atoms with Crippen molar-refractivity contribution < 1.29 is 15.0 Å². The molecule has 0 radical (unpaired) electrons. The third-order valence-electron chi connectivity index (χ3n) is 2.75. The molecule has 0 heterocycles. The Morgan fingerprint density at radius 3 is 2.67 bits per heavy atom. The van der Waals surface area contributed by atoms with Gasteiger partial charge in [0.15, 0.2) is 5.78 Å². The topological polar surface area (TPSA) is 57.5 Å². The predicted molar refractivity (Wildman–Crippen MR) is 69.3 cm³/mol. The molecule has 1 aliphatic rings. The minimum absolute atomic E-state index is 0.0992. The number of ketones is 1. The molecule has 0 amide bonds. The number of aliphatic hydroxyl groups is 2. The Morgan fingerprint density at radius 2 is 1.94 bits per heavy atom. The molecule has 2 N–H and O–H groups in total. The number of rotatable bonds is 3. The van der Waals surface area contributed by atoms with Gasteiger partial charge in [0.25, 0.3) is 0 Å². The highest BCUT2D eigenvalue weighted by Crippen LogP contribution is 2.17. The van der Waals surface area contributed by atoms with Crippen molar-refractivity contribution in [2.75, 3.05) is 0 Å². The molecule has 0 aliphatic heterocycles. The lowest BCUT2D eigenvalue weighted by molar-refractivity contribution is 0.104. The van der Waals surface area contributed by atoms with Gasteiger partial charge in [-0.3, -0.25) is 4.79 Å². The zero-order chi connectivity index (χ0) is 13.0. The quantitative estimate of drug-likeness (QED) is 0.632. The van der Waals surface area contributed by atoms with Gasteiger partial charge in [-0.15, -0.1) is 0 Å². The summed E-state index contributed by atoms with van der Waals surface area (Å²) in [7, 11) is 0. The van der Waals surface area contributed by atoms with Crippen LogP contribution >= 0.6 is 0 Å². The van der Waals surface area contributed by atoms with E-state index in [0.29, 0.717) is 5.56 Å². The lowest BCUT2D eigenvalue weighted by Crippen LogP contribution is -2.17. The zero-order valence-corrected chi connectivity index (χ0v) is 9.73. The van der Waals surface area contributed by atoms with E-state index in [1.54, 1.807) is 30.3 Å². The SMILES string of the molecule is O=C(C=CC1C=C(O)C=CC1O)c1ccccc1. The third-order valence-corrected chi connectivity index (χ3v) is 2.75. The highest BCUT2D eigenvalue weighted by molar-refractivity contribution is 6.04. The molecule has 1 aliphatic carbocycles. The van der Waals surface area contributed by atoms with E-state index in [1.807, 2.05) is 6.07 Å². The van der Waals surface area contributed by atoms with Gasteiger partial charge in [-0.25, -0.2) is 0 Å². The van der Waals surface area contributed by atoms with Crippen LogP contribution in [0.1, 0.15) is 10.4 Å². The van der Waals surface area contributed by atoms with Crippen LogP contribution in [-0.4, -0.2) is 22.1 Å². The fourth-order valence-electron chi connectivity index (χ4n) is 1.74. The van der Waals surface area contributed by atoms with Crippen molar-refractivity contribution in [1.82, 2.24) is 0 Å². The lowest BCUT2D eigenvalue weighted by atomic mass is 9.95. The van der Waals surface area contributed by atoms with Gasteiger partial charge >= 0.3 is 0 Å². The van der Waals surface area contributed by atoms with Crippen LogP contribution in [0.3, 0.4) is 0 Å². The summed E-state index contributed by atoms with van der Waals surface area (Å²) in [5.41, 5.74) is 0.600. The Labute approximate surface area is 105 Å². The lowest BCUT2D eigenvalue weighted by Gasteiger charge is -2.16. The van der Waals surface area contributed by atoms with Crippen molar-refractivity contribution in [1.29, 1.82) is 0 Å². The molecule has 18 heavy (non-hydrogen) atoms. The van der Waals surface area contributed by atoms with E-state index in [-0.39, 0.29) is 17.5 Å². The molecule has 92 valence electrons. The first-order chi connectivity index (χ1) is 8.66. The van der Waals surface area contributed by atoms with Crippen LogP contribution in [0.5, 0.6) is 0 Å². The summed E-state index contributed by atoms with van der Waals surface area (Å²) in [5.74, 6) is -0.394. The normalized spacial score (nSPS) is 23.1. The van der Waals surface area contributed by atoms with Crippen molar-refractivity contribution in [3.8, 4) is 0 Å². The number of carbonyl (C=O) groups excluding carboxylic acids is 1. The fourth-order valence-corrected chi connectivity index (χ4v) is 1.74. The molecule has 1 aromatic rings. The molecule has 3 heteroatoms. The van der Waals surface area contributed by atoms with E-state index < -0.39 is 6.10 Å². The maximum Gasteiger partial charge on any atom is 0.185 e. The van der Waals surface area contributed by atoms with E-state index in [9.17, 15) is 15.0 Å². The smallest absolute Gasteiger partial charge is 0.185 e. The Balaban J connectivity index is 2.08. The summed E-state index contributed by atoms with van der Waals surface area (Å²) in [6, 6.07) is 8.90. The summed E-state index contributed by atoms with van der Waals surface area (Å²) >= 11 is 0. The Morgan fingerprint density at radius 1 is 1.22 bits per heavy atom. The number of carbonyl (C=O) groups is 1. The molecule has 0 saturated heterocycles. The van der Waals surface area contributed by atoms with Gasteiger partial charge in [-0.2, -0.15) is 0 Å². The molecule has 0 aromatic heterocycles. The van der Waals surface area contributed by atoms with Gasteiger partial charge < -0.3 is 10.2 Å². The fraction of sp³-hybridized carbons (Fsp3) is 0.133. The maximum absolute atomic E-state index is 11.8. The minimum Gasteiger partial charge on any atom is -0.508 e. The third kappa shape index (κ3) is 2.96.